The van der Waals surface area contributed by atoms with E-state index in [2.05, 4.69) is 156 Å². The van der Waals surface area contributed by atoms with E-state index in [1.807, 2.05) is 30.3 Å². The van der Waals surface area contributed by atoms with Gasteiger partial charge in [-0.3, -0.25) is 0 Å². The molecule has 0 radical (unpaired) electrons. The maximum absolute atomic E-state index is 13.8. The van der Waals surface area contributed by atoms with E-state index in [4.69, 9.17) is 9.97 Å². The van der Waals surface area contributed by atoms with E-state index >= 15 is 0 Å². The minimum atomic E-state index is -0.241. The van der Waals surface area contributed by atoms with Crippen molar-refractivity contribution in [1.29, 1.82) is 0 Å². The van der Waals surface area contributed by atoms with Crippen LogP contribution < -0.4 is 0 Å². The van der Waals surface area contributed by atoms with Crippen LogP contribution in [0.3, 0.4) is 0 Å². The minimum Gasteiger partial charge on any atom is -0.309 e. The number of aromatic nitrogens is 3. The molecule has 0 aliphatic rings. The second-order valence-corrected chi connectivity index (χ2v) is 13.5. The molecule has 0 amide bonds. The van der Waals surface area contributed by atoms with E-state index in [9.17, 15) is 4.39 Å². The van der Waals surface area contributed by atoms with Gasteiger partial charge in [-0.25, -0.2) is 14.4 Å². The summed E-state index contributed by atoms with van der Waals surface area (Å²) in [5.41, 5.74) is 12.4. The van der Waals surface area contributed by atoms with Crippen molar-refractivity contribution in [1.82, 2.24) is 14.5 Å². The van der Waals surface area contributed by atoms with E-state index in [-0.39, 0.29) is 5.82 Å². The van der Waals surface area contributed by atoms with E-state index in [0.717, 1.165) is 66.8 Å². The Morgan fingerprint density at radius 3 is 1.46 bits per heavy atom. The molecule has 2 aromatic heterocycles. The van der Waals surface area contributed by atoms with Gasteiger partial charge in [0.2, 0.25) is 0 Å². The Bertz CT molecular complexity index is 2910. The Kier molecular flexibility index (Phi) is 7.66. The van der Waals surface area contributed by atoms with E-state index in [0.29, 0.717) is 5.82 Å². The van der Waals surface area contributed by atoms with Gasteiger partial charge in [-0.1, -0.05) is 140 Å². The second kappa shape index (κ2) is 13.1. The quantitative estimate of drug-likeness (QED) is 0.174. The molecular formula is C50H32FN3. The Morgan fingerprint density at radius 2 is 0.870 bits per heavy atom. The normalized spacial score (nSPS) is 11.4. The van der Waals surface area contributed by atoms with Crippen molar-refractivity contribution >= 4 is 32.6 Å². The molecule has 10 aromatic rings. The SMILES string of the molecule is Fc1ccc(-c2cccc3cccc(-c4ccc(-c5cc(-c6ccccc6)nc(-c6ccc(-n7c8ccccc8c8ccccc87)cc6)n5)cc4)c23)cc1. The third kappa shape index (κ3) is 5.53. The number of benzene rings is 8. The van der Waals surface area contributed by atoms with Gasteiger partial charge < -0.3 is 4.57 Å². The van der Waals surface area contributed by atoms with Gasteiger partial charge in [-0.15, -0.1) is 0 Å². The minimum absolute atomic E-state index is 0.241. The van der Waals surface area contributed by atoms with Crippen molar-refractivity contribution in [3.8, 4) is 61.8 Å². The first-order chi connectivity index (χ1) is 26.7. The topological polar surface area (TPSA) is 30.7 Å². The standard InChI is InChI=1S/C50H32FN3/c51-39-28-24-34(25-29-39)42-17-9-13-37-12-8-16-41(49(37)42)33-20-22-36(23-21-33)46-32-45(35-10-2-1-3-11-35)52-50(53-46)38-26-30-40(31-27-38)54-47-18-6-4-14-43(47)44-15-5-7-19-48(44)54/h1-32H. The Labute approximate surface area is 312 Å². The highest BCUT2D eigenvalue weighted by Crippen LogP contribution is 2.38. The molecule has 0 aliphatic heterocycles. The van der Waals surface area contributed by atoms with E-state index < -0.39 is 0 Å². The van der Waals surface area contributed by atoms with Crippen LogP contribution in [0, 0.1) is 5.82 Å². The maximum atomic E-state index is 13.8. The van der Waals surface area contributed by atoms with Crippen molar-refractivity contribution < 1.29 is 4.39 Å². The summed E-state index contributed by atoms with van der Waals surface area (Å²) in [6.45, 7) is 0. The number of para-hydroxylation sites is 2. The van der Waals surface area contributed by atoms with Gasteiger partial charge >= 0.3 is 0 Å². The lowest BCUT2D eigenvalue weighted by Crippen LogP contribution is -1.97. The third-order valence-electron chi connectivity index (χ3n) is 10.3. The zero-order valence-corrected chi connectivity index (χ0v) is 29.2. The largest absolute Gasteiger partial charge is 0.309 e. The van der Waals surface area contributed by atoms with Crippen molar-refractivity contribution in [2.45, 2.75) is 0 Å². The highest BCUT2D eigenvalue weighted by Gasteiger charge is 2.15. The van der Waals surface area contributed by atoms with Crippen LogP contribution in [0.1, 0.15) is 0 Å². The van der Waals surface area contributed by atoms with Crippen molar-refractivity contribution in [2.75, 3.05) is 0 Å². The molecule has 3 nitrogen and oxygen atoms in total. The van der Waals surface area contributed by atoms with Crippen LogP contribution >= 0.6 is 0 Å². The number of rotatable bonds is 6. The Hall–Kier alpha value is -7.17. The summed E-state index contributed by atoms with van der Waals surface area (Å²) in [5, 5.41) is 4.75. The molecule has 8 aromatic carbocycles. The van der Waals surface area contributed by atoms with Crippen molar-refractivity contribution in [3.05, 3.63) is 200 Å². The van der Waals surface area contributed by atoms with Crippen LogP contribution in [0.15, 0.2) is 194 Å². The van der Waals surface area contributed by atoms with Crippen LogP contribution in [0.2, 0.25) is 0 Å². The van der Waals surface area contributed by atoms with Crippen LogP contribution in [-0.2, 0) is 0 Å². The first-order valence-electron chi connectivity index (χ1n) is 18.1. The fourth-order valence-corrected chi connectivity index (χ4v) is 7.71. The second-order valence-electron chi connectivity index (χ2n) is 13.5. The fraction of sp³-hybridized carbons (Fsp3) is 0. The van der Waals surface area contributed by atoms with E-state index in [1.165, 1.54) is 33.9 Å². The zero-order valence-electron chi connectivity index (χ0n) is 29.2. The van der Waals surface area contributed by atoms with Crippen molar-refractivity contribution in [2.24, 2.45) is 0 Å². The number of hydrogen-bond donors (Lipinski definition) is 0. The molecule has 0 N–H and O–H groups in total. The fourth-order valence-electron chi connectivity index (χ4n) is 7.71. The number of halogens is 1. The third-order valence-corrected chi connectivity index (χ3v) is 10.3. The van der Waals surface area contributed by atoms with Crippen LogP contribution in [-0.4, -0.2) is 14.5 Å². The molecule has 2 heterocycles. The highest BCUT2D eigenvalue weighted by molar-refractivity contribution is 6.09. The summed E-state index contributed by atoms with van der Waals surface area (Å²) in [6, 6.07) is 66.0. The Balaban J connectivity index is 1.05. The molecule has 0 bridgehead atoms. The van der Waals surface area contributed by atoms with Gasteiger partial charge in [0.1, 0.15) is 5.82 Å². The first kappa shape index (κ1) is 31.6. The van der Waals surface area contributed by atoms with Crippen LogP contribution in [0.5, 0.6) is 0 Å². The average Bonchev–Trinajstić information content (AvgIpc) is 3.58. The monoisotopic (exact) mass is 693 g/mol. The molecule has 0 fully saturated rings. The lowest BCUT2D eigenvalue weighted by molar-refractivity contribution is 0.628. The predicted octanol–water partition coefficient (Wildman–Crippen LogP) is 13.2. The zero-order chi connectivity index (χ0) is 36.0. The summed E-state index contributed by atoms with van der Waals surface area (Å²) in [6.07, 6.45) is 0. The van der Waals surface area contributed by atoms with Gasteiger partial charge in [0, 0.05) is 33.2 Å². The molecule has 0 atom stereocenters. The molecule has 0 spiro atoms. The van der Waals surface area contributed by atoms with Crippen molar-refractivity contribution in [3.63, 3.8) is 0 Å². The van der Waals surface area contributed by atoms with Gasteiger partial charge in [0.15, 0.2) is 5.82 Å². The molecule has 0 saturated carbocycles. The van der Waals surface area contributed by atoms with E-state index in [1.54, 1.807) is 0 Å². The van der Waals surface area contributed by atoms with Gasteiger partial charge in [-0.2, -0.15) is 0 Å². The van der Waals surface area contributed by atoms with Gasteiger partial charge in [-0.05, 0) is 87.6 Å². The molecule has 0 unspecified atom stereocenters. The highest BCUT2D eigenvalue weighted by atomic mass is 19.1. The molecule has 0 saturated heterocycles. The number of hydrogen-bond acceptors (Lipinski definition) is 2. The maximum Gasteiger partial charge on any atom is 0.160 e. The average molecular weight is 694 g/mol. The molecule has 254 valence electrons. The summed E-state index contributed by atoms with van der Waals surface area (Å²) in [5.74, 6) is 0.428. The molecular weight excluding hydrogens is 662 g/mol. The summed E-state index contributed by atoms with van der Waals surface area (Å²) in [7, 11) is 0. The summed E-state index contributed by atoms with van der Waals surface area (Å²) in [4.78, 5) is 10.2. The summed E-state index contributed by atoms with van der Waals surface area (Å²) < 4.78 is 16.2. The lowest BCUT2D eigenvalue weighted by Gasteiger charge is -2.14. The number of nitrogens with zero attached hydrogens (tertiary/aromatic N) is 3. The number of fused-ring (bicyclic) bond motifs is 4. The van der Waals surface area contributed by atoms with Gasteiger partial charge in [0.25, 0.3) is 0 Å². The molecule has 4 heteroatoms. The smallest absolute Gasteiger partial charge is 0.160 e. The molecule has 54 heavy (non-hydrogen) atoms. The van der Waals surface area contributed by atoms with Crippen LogP contribution in [0.4, 0.5) is 4.39 Å². The first-order valence-corrected chi connectivity index (χ1v) is 18.1. The Morgan fingerprint density at radius 1 is 0.389 bits per heavy atom. The molecule has 0 aliphatic carbocycles. The van der Waals surface area contributed by atoms with Crippen LogP contribution in [0.25, 0.3) is 94.4 Å². The predicted molar refractivity (Wildman–Crippen MR) is 221 cm³/mol. The van der Waals surface area contributed by atoms with Gasteiger partial charge in [0.05, 0.1) is 22.4 Å². The lowest BCUT2D eigenvalue weighted by atomic mass is 9.91. The molecule has 10 rings (SSSR count). The summed E-state index contributed by atoms with van der Waals surface area (Å²) >= 11 is 0.